The Morgan fingerprint density at radius 2 is 1.90 bits per heavy atom. The number of rotatable bonds is 7. The van der Waals surface area contributed by atoms with Crippen LogP contribution in [0.25, 0.3) is 0 Å². The van der Waals surface area contributed by atoms with Gasteiger partial charge in [-0.3, -0.25) is 0 Å². The number of anilines is 1. The van der Waals surface area contributed by atoms with Crippen molar-refractivity contribution in [2.24, 2.45) is 0 Å². The van der Waals surface area contributed by atoms with Crippen molar-refractivity contribution in [3.8, 4) is 5.75 Å². The zero-order valence-corrected chi connectivity index (χ0v) is 12.6. The number of thioether (sulfide) groups is 1. The standard InChI is InChI=1S/C16H18FNO2S/c1-21-16-5-3-2-4-15(16)18-10-13(19)11-20-14-8-6-12(17)7-9-14/h2-9,13,18-19H,10-11H2,1H3. The molecule has 0 saturated heterocycles. The van der Waals surface area contributed by atoms with Crippen LogP contribution in [0.1, 0.15) is 0 Å². The summed E-state index contributed by atoms with van der Waals surface area (Å²) in [4.78, 5) is 1.13. The van der Waals surface area contributed by atoms with E-state index < -0.39 is 6.10 Å². The molecule has 2 aromatic rings. The summed E-state index contributed by atoms with van der Waals surface area (Å²) in [7, 11) is 0. The van der Waals surface area contributed by atoms with E-state index in [0.29, 0.717) is 12.3 Å². The monoisotopic (exact) mass is 307 g/mol. The molecule has 21 heavy (non-hydrogen) atoms. The van der Waals surface area contributed by atoms with E-state index in [2.05, 4.69) is 5.32 Å². The molecule has 0 aliphatic heterocycles. The molecule has 0 aliphatic rings. The summed E-state index contributed by atoms with van der Waals surface area (Å²) in [6.07, 6.45) is 1.36. The van der Waals surface area contributed by atoms with Gasteiger partial charge in [0.25, 0.3) is 0 Å². The van der Waals surface area contributed by atoms with Crippen molar-refractivity contribution in [1.29, 1.82) is 0 Å². The predicted octanol–water partition coefficient (Wildman–Crippen LogP) is 3.40. The molecule has 0 radical (unpaired) electrons. The molecule has 0 amide bonds. The molecule has 0 heterocycles. The van der Waals surface area contributed by atoms with E-state index >= 15 is 0 Å². The lowest BCUT2D eigenvalue weighted by atomic mass is 10.3. The van der Waals surface area contributed by atoms with Crippen LogP contribution in [0.15, 0.2) is 53.4 Å². The van der Waals surface area contributed by atoms with E-state index in [1.54, 1.807) is 23.9 Å². The minimum absolute atomic E-state index is 0.153. The molecule has 0 bridgehead atoms. The molecule has 2 N–H and O–H groups in total. The molecule has 2 aromatic carbocycles. The highest BCUT2D eigenvalue weighted by Crippen LogP contribution is 2.24. The Bertz CT molecular complexity index is 562. The second kappa shape index (κ2) is 7.90. The fourth-order valence-corrected chi connectivity index (χ4v) is 2.38. The zero-order valence-electron chi connectivity index (χ0n) is 11.8. The van der Waals surface area contributed by atoms with Gasteiger partial charge in [-0.1, -0.05) is 12.1 Å². The van der Waals surface area contributed by atoms with E-state index in [1.165, 1.54) is 12.1 Å². The Labute approximate surface area is 128 Å². The second-order valence-electron chi connectivity index (χ2n) is 4.50. The van der Waals surface area contributed by atoms with Crippen LogP contribution >= 0.6 is 11.8 Å². The van der Waals surface area contributed by atoms with Crippen LogP contribution in [-0.4, -0.2) is 30.6 Å². The van der Waals surface area contributed by atoms with Crippen LogP contribution in [0.2, 0.25) is 0 Å². The maximum absolute atomic E-state index is 12.7. The minimum atomic E-state index is -0.648. The van der Waals surface area contributed by atoms with Crippen LogP contribution in [0.4, 0.5) is 10.1 Å². The molecule has 0 fully saturated rings. The van der Waals surface area contributed by atoms with Gasteiger partial charge in [0, 0.05) is 17.1 Å². The summed E-state index contributed by atoms with van der Waals surface area (Å²) in [5, 5.41) is 13.1. The highest BCUT2D eigenvalue weighted by atomic mass is 32.2. The van der Waals surface area contributed by atoms with E-state index in [4.69, 9.17) is 4.74 Å². The first kappa shape index (κ1) is 15.7. The van der Waals surface area contributed by atoms with Gasteiger partial charge < -0.3 is 15.2 Å². The average Bonchev–Trinajstić information content (AvgIpc) is 2.52. The first-order chi connectivity index (χ1) is 10.2. The lowest BCUT2D eigenvalue weighted by Crippen LogP contribution is -2.26. The van der Waals surface area contributed by atoms with Gasteiger partial charge in [0.15, 0.2) is 0 Å². The Hall–Kier alpha value is -1.72. The smallest absolute Gasteiger partial charge is 0.123 e. The third-order valence-electron chi connectivity index (χ3n) is 2.89. The maximum atomic E-state index is 12.7. The zero-order chi connectivity index (χ0) is 15.1. The first-order valence-corrected chi connectivity index (χ1v) is 7.85. The molecule has 0 spiro atoms. The molecular formula is C16H18FNO2S. The van der Waals surface area contributed by atoms with Gasteiger partial charge in [0.2, 0.25) is 0 Å². The van der Waals surface area contributed by atoms with Gasteiger partial charge in [0.1, 0.15) is 24.3 Å². The number of hydrogen-bond donors (Lipinski definition) is 2. The number of aliphatic hydroxyl groups is 1. The summed E-state index contributed by atoms with van der Waals surface area (Å²) >= 11 is 1.65. The summed E-state index contributed by atoms with van der Waals surface area (Å²) in [5.74, 6) is 0.234. The van der Waals surface area contributed by atoms with Crippen molar-refractivity contribution < 1.29 is 14.2 Å². The van der Waals surface area contributed by atoms with Gasteiger partial charge >= 0.3 is 0 Å². The van der Waals surface area contributed by atoms with Crippen LogP contribution in [0.5, 0.6) is 5.75 Å². The fraction of sp³-hybridized carbons (Fsp3) is 0.250. The fourth-order valence-electron chi connectivity index (χ4n) is 1.80. The normalized spacial score (nSPS) is 12.0. The number of aliphatic hydroxyl groups excluding tert-OH is 1. The molecule has 5 heteroatoms. The predicted molar refractivity (Wildman–Crippen MR) is 84.6 cm³/mol. The summed E-state index contributed by atoms with van der Waals surface area (Å²) in [6.45, 7) is 0.541. The quantitative estimate of drug-likeness (QED) is 0.769. The van der Waals surface area contributed by atoms with E-state index in [9.17, 15) is 9.50 Å². The Balaban J connectivity index is 1.79. The number of halogens is 1. The van der Waals surface area contributed by atoms with Crippen molar-refractivity contribution in [2.45, 2.75) is 11.0 Å². The van der Waals surface area contributed by atoms with Gasteiger partial charge in [-0.15, -0.1) is 11.8 Å². The highest BCUT2D eigenvalue weighted by Gasteiger charge is 2.07. The lowest BCUT2D eigenvalue weighted by Gasteiger charge is -2.15. The summed E-state index contributed by atoms with van der Waals surface area (Å²) in [6, 6.07) is 13.7. The van der Waals surface area contributed by atoms with Gasteiger partial charge in [-0.2, -0.15) is 0 Å². The van der Waals surface area contributed by atoms with Crippen molar-refractivity contribution in [1.82, 2.24) is 0 Å². The van der Waals surface area contributed by atoms with Crippen LogP contribution in [0.3, 0.4) is 0 Å². The Morgan fingerprint density at radius 3 is 2.62 bits per heavy atom. The van der Waals surface area contributed by atoms with E-state index in [1.807, 2.05) is 30.5 Å². The topological polar surface area (TPSA) is 41.5 Å². The molecule has 1 atom stereocenters. The number of para-hydroxylation sites is 1. The van der Waals surface area contributed by atoms with Gasteiger partial charge in [-0.05, 0) is 42.7 Å². The third kappa shape index (κ3) is 4.95. The molecule has 1 unspecified atom stereocenters. The van der Waals surface area contributed by atoms with Crippen molar-refractivity contribution >= 4 is 17.4 Å². The average molecular weight is 307 g/mol. The van der Waals surface area contributed by atoms with Crippen LogP contribution in [0, 0.1) is 5.82 Å². The SMILES string of the molecule is CSc1ccccc1NCC(O)COc1ccc(F)cc1. The summed E-state index contributed by atoms with van der Waals surface area (Å²) in [5.41, 5.74) is 0.992. The largest absolute Gasteiger partial charge is 0.491 e. The molecule has 2 rings (SSSR count). The molecule has 0 aromatic heterocycles. The Morgan fingerprint density at radius 1 is 1.19 bits per heavy atom. The third-order valence-corrected chi connectivity index (χ3v) is 3.69. The minimum Gasteiger partial charge on any atom is -0.491 e. The van der Waals surface area contributed by atoms with E-state index in [-0.39, 0.29) is 12.4 Å². The maximum Gasteiger partial charge on any atom is 0.123 e. The van der Waals surface area contributed by atoms with Crippen molar-refractivity contribution in [3.05, 3.63) is 54.3 Å². The highest BCUT2D eigenvalue weighted by molar-refractivity contribution is 7.98. The number of benzene rings is 2. The summed E-state index contributed by atoms with van der Waals surface area (Å²) < 4.78 is 18.2. The Kier molecular flexibility index (Phi) is 5.90. The number of hydrogen-bond acceptors (Lipinski definition) is 4. The van der Waals surface area contributed by atoms with Gasteiger partial charge in [0.05, 0.1) is 0 Å². The van der Waals surface area contributed by atoms with Gasteiger partial charge in [-0.25, -0.2) is 4.39 Å². The van der Waals surface area contributed by atoms with Crippen molar-refractivity contribution in [3.63, 3.8) is 0 Å². The molecule has 0 aliphatic carbocycles. The van der Waals surface area contributed by atoms with E-state index in [0.717, 1.165) is 10.6 Å². The second-order valence-corrected chi connectivity index (χ2v) is 5.35. The van der Waals surface area contributed by atoms with Crippen molar-refractivity contribution in [2.75, 3.05) is 24.7 Å². The molecule has 0 saturated carbocycles. The van der Waals surface area contributed by atoms with Crippen LogP contribution in [-0.2, 0) is 0 Å². The first-order valence-electron chi connectivity index (χ1n) is 6.62. The molecule has 112 valence electrons. The van der Waals surface area contributed by atoms with Crippen LogP contribution < -0.4 is 10.1 Å². The number of nitrogens with one attached hydrogen (secondary N) is 1. The molecular weight excluding hydrogens is 289 g/mol. The number of ether oxygens (including phenoxy) is 1. The lowest BCUT2D eigenvalue weighted by molar-refractivity contribution is 0.117. The molecule has 3 nitrogen and oxygen atoms in total.